The fourth-order valence-corrected chi connectivity index (χ4v) is 4.03. The van der Waals surface area contributed by atoms with Crippen LogP contribution < -0.4 is 0 Å². The summed E-state index contributed by atoms with van der Waals surface area (Å²) in [5.41, 5.74) is 1.94. The maximum absolute atomic E-state index is 2.43. The molecule has 1 aromatic rings. The molecule has 0 aliphatic heterocycles. The van der Waals surface area contributed by atoms with E-state index in [0.29, 0.717) is 5.41 Å². The highest BCUT2D eigenvalue weighted by atomic mass is 14.5. The first kappa shape index (κ1) is 16.8. The van der Waals surface area contributed by atoms with Crippen molar-refractivity contribution in [1.29, 1.82) is 0 Å². The summed E-state index contributed by atoms with van der Waals surface area (Å²) in [6.45, 7) is 2.43. The fraction of sp³-hybridized carbons (Fsp3) is 0.333. The molecule has 1 saturated carbocycles. The molecule has 0 spiro atoms. The van der Waals surface area contributed by atoms with Crippen LogP contribution in [0.4, 0.5) is 0 Å². The second kappa shape index (κ2) is 8.15. The summed E-state index contributed by atoms with van der Waals surface area (Å²) in [7, 11) is 0. The fourth-order valence-electron chi connectivity index (χ4n) is 4.03. The van der Waals surface area contributed by atoms with Crippen molar-refractivity contribution in [2.24, 2.45) is 11.8 Å². The first-order chi connectivity index (χ1) is 11.8. The van der Waals surface area contributed by atoms with Gasteiger partial charge >= 0.3 is 0 Å². The lowest BCUT2D eigenvalue weighted by Gasteiger charge is -2.32. The second-order valence-electron chi connectivity index (χ2n) is 7.16. The van der Waals surface area contributed by atoms with E-state index in [1.54, 1.807) is 0 Å². The van der Waals surface area contributed by atoms with E-state index in [-0.39, 0.29) is 0 Å². The number of benzene rings is 1. The molecule has 1 aromatic carbocycles. The minimum Gasteiger partial charge on any atom is -0.0851 e. The van der Waals surface area contributed by atoms with Gasteiger partial charge in [0.15, 0.2) is 0 Å². The van der Waals surface area contributed by atoms with Crippen LogP contribution in [-0.2, 0) is 5.41 Å². The minimum atomic E-state index is 0.417. The van der Waals surface area contributed by atoms with Gasteiger partial charge in [-0.2, -0.15) is 0 Å². The molecule has 0 heteroatoms. The van der Waals surface area contributed by atoms with Crippen molar-refractivity contribution in [1.82, 2.24) is 0 Å². The Balaban J connectivity index is 0.000000138. The Labute approximate surface area is 147 Å². The Morgan fingerprint density at radius 2 is 1.38 bits per heavy atom. The molecule has 0 radical (unpaired) electrons. The smallest absolute Gasteiger partial charge is 0.000676 e. The molecule has 0 heterocycles. The van der Waals surface area contributed by atoms with Gasteiger partial charge in [0.2, 0.25) is 0 Å². The highest BCUT2D eigenvalue weighted by molar-refractivity contribution is 5.32. The average Bonchev–Trinajstić information content (AvgIpc) is 3.43. The molecule has 3 atom stereocenters. The highest BCUT2D eigenvalue weighted by Crippen LogP contribution is 2.52. The Kier molecular flexibility index (Phi) is 5.69. The number of rotatable bonds is 1. The molecule has 2 bridgehead atoms. The Morgan fingerprint density at radius 1 is 0.792 bits per heavy atom. The second-order valence-corrected chi connectivity index (χ2v) is 7.16. The third-order valence-electron chi connectivity index (χ3n) is 5.42. The van der Waals surface area contributed by atoms with Crippen molar-refractivity contribution in [2.45, 2.75) is 38.0 Å². The van der Waals surface area contributed by atoms with Crippen LogP contribution in [0.25, 0.3) is 0 Å². The summed E-state index contributed by atoms with van der Waals surface area (Å²) < 4.78 is 0. The normalized spacial score (nSPS) is 30.2. The monoisotopic (exact) mass is 316 g/mol. The van der Waals surface area contributed by atoms with Crippen LogP contribution in [0.1, 0.15) is 38.2 Å². The van der Waals surface area contributed by atoms with Gasteiger partial charge in [0, 0.05) is 0 Å². The molecule has 4 aliphatic rings. The predicted octanol–water partition coefficient (Wildman–Crippen LogP) is 6.55. The quantitative estimate of drug-likeness (QED) is 0.516. The van der Waals surface area contributed by atoms with E-state index in [1.165, 1.54) is 18.4 Å². The Bertz CT molecular complexity index is 615. The molecule has 124 valence electrons. The van der Waals surface area contributed by atoms with Gasteiger partial charge in [0.05, 0.1) is 0 Å². The van der Waals surface area contributed by atoms with Gasteiger partial charge in [-0.3, -0.25) is 0 Å². The lowest BCUT2D eigenvalue weighted by molar-refractivity contribution is 0.396. The van der Waals surface area contributed by atoms with Gasteiger partial charge in [-0.05, 0) is 48.5 Å². The van der Waals surface area contributed by atoms with Crippen LogP contribution in [0.15, 0.2) is 91.1 Å². The molecule has 0 nitrogen and oxygen atoms in total. The van der Waals surface area contributed by atoms with E-state index in [9.17, 15) is 0 Å². The Hall–Kier alpha value is -2.08. The highest BCUT2D eigenvalue weighted by Gasteiger charge is 2.45. The number of fused-ring (bicyclic) bond motifs is 2. The van der Waals surface area contributed by atoms with Crippen LogP contribution in [0.5, 0.6) is 0 Å². The maximum atomic E-state index is 2.43. The molecule has 1 fully saturated rings. The summed E-state index contributed by atoms with van der Waals surface area (Å²) in [5, 5.41) is 0. The molecular formula is C24H28. The van der Waals surface area contributed by atoms with E-state index in [2.05, 4.69) is 98.0 Å². The summed E-state index contributed by atoms with van der Waals surface area (Å²) in [6.07, 6.45) is 26.6. The zero-order chi connectivity index (χ0) is 16.7. The third kappa shape index (κ3) is 4.06. The van der Waals surface area contributed by atoms with E-state index in [4.69, 9.17) is 0 Å². The molecular weight excluding hydrogens is 288 g/mol. The maximum Gasteiger partial charge on any atom is -0.000676 e. The first-order valence-corrected chi connectivity index (χ1v) is 9.16. The number of hydrogen-bond acceptors (Lipinski definition) is 0. The topological polar surface area (TPSA) is 0 Å². The van der Waals surface area contributed by atoms with Crippen molar-refractivity contribution in [3.63, 3.8) is 0 Å². The molecule has 0 N–H and O–H groups in total. The third-order valence-corrected chi connectivity index (χ3v) is 5.42. The van der Waals surface area contributed by atoms with Gasteiger partial charge in [-0.1, -0.05) is 98.0 Å². The van der Waals surface area contributed by atoms with Gasteiger partial charge in [0.25, 0.3) is 0 Å². The van der Waals surface area contributed by atoms with Crippen molar-refractivity contribution in [2.75, 3.05) is 0 Å². The lowest BCUT2D eigenvalue weighted by atomic mass is 9.72. The van der Waals surface area contributed by atoms with Gasteiger partial charge < -0.3 is 0 Å². The van der Waals surface area contributed by atoms with Crippen LogP contribution in [-0.4, -0.2) is 0 Å². The molecule has 0 aromatic heterocycles. The number of allylic oxidation sites excluding steroid dienone is 10. The lowest BCUT2D eigenvalue weighted by Crippen LogP contribution is -2.26. The zero-order valence-electron chi connectivity index (χ0n) is 14.6. The molecule has 24 heavy (non-hydrogen) atoms. The zero-order valence-corrected chi connectivity index (χ0v) is 14.6. The van der Waals surface area contributed by atoms with Gasteiger partial charge in [-0.25, -0.2) is 0 Å². The van der Waals surface area contributed by atoms with Crippen LogP contribution in [0.3, 0.4) is 0 Å². The predicted molar refractivity (Wildman–Crippen MR) is 105 cm³/mol. The minimum absolute atomic E-state index is 0.417. The number of hydrogen-bond donors (Lipinski definition) is 0. The standard InChI is InChI=1S/C14H16.2C5H6/c1-14(12-5-3-2-4-6-12)10-11-7-8-13(14)9-11;2*1-2-4-5-3-1/h2-8,11,13H,9-10H2,1H3;2*1-4H,5H2. The van der Waals surface area contributed by atoms with Crippen LogP contribution >= 0.6 is 0 Å². The van der Waals surface area contributed by atoms with Crippen molar-refractivity contribution in [3.8, 4) is 0 Å². The average molecular weight is 316 g/mol. The van der Waals surface area contributed by atoms with E-state index >= 15 is 0 Å². The summed E-state index contributed by atoms with van der Waals surface area (Å²) in [6, 6.07) is 11.0. The van der Waals surface area contributed by atoms with E-state index in [0.717, 1.165) is 24.7 Å². The van der Waals surface area contributed by atoms with Crippen molar-refractivity contribution in [3.05, 3.63) is 96.7 Å². The van der Waals surface area contributed by atoms with Crippen molar-refractivity contribution < 1.29 is 0 Å². The molecule has 0 amide bonds. The van der Waals surface area contributed by atoms with Crippen LogP contribution in [0.2, 0.25) is 0 Å². The molecule has 3 unspecified atom stereocenters. The van der Waals surface area contributed by atoms with Gasteiger partial charge in [0.1, 0.15) is 0 Å². The van der Waals surface area contributed by atoms with Crippen LogP contribution in [0, 0.1) is 11.8 Å². The molecule has 4 aliphatic carbocycles. The van der Waals surface area contributed by atoms with Crippen molar-refractivity contribution >= 4 is 0 Å². The molecule has 0 saturated heterocycles. The summed E-state index contributed by atoms with van der Waals surface area (Å²) in [5.74, 6) is 1.64. The van der Waals surface area contributed by atoms with E-state index < -0.39 is 0 Å². The Morgan fingerprint density at radius 3 is 1.75 bits per heavy atom. The first-order valence-electron chi connectivity index (χ1n) is 9.16. The van der Waals surface area contributed by atoms with E-state index in [1.807, 2.05) is 0 Å². The largest absolute Gasteiger partial charge is 0.0851 e. The summed E-state index contributed by atoms with van der Waals surface area (Å²) >= 11 is 0. The molecule has 5 rings (SSSR count). The summed E-state index contributed by atoms with van der Waals surface area (Å²) in [4.78, 5) is 0. The van der Waals surface area contributed by atoms with Gasteiger partial charge in [-0.15, -0.1) is 0 Å². The SMILES string of the molecule is C1=CCC=C1.C1=CCC=C1.CC1(c2ccccc2)CC2C=CC1C2.